The summed E-state index contributed by atoms with van der Waals surface area (Å²) in [6.45, 7) is 3.05. The highest BCUT2D eigenvalue weighted by molar-refractivity contribution is 5.42. The van der Waals surface area contributed by atoms with E-state index in [0.29, 0.717) is 23.8 Å². The Morgan fingerprint density at radius 1 is 1.21 bits per heavy atom. The summed E-state index contributed by atoms with van der Waals surface area (Å²) in [5, 5.41) is 15.1. The van der Waals surface area contributed by atoms with Gasteiger partial charge in [-0.15, -0.1) is 0 Å². The van der Waals surface area contributed by atoms with E-state index in [4.69, 9.17) is 5.11 Å². The molecule has 0 amide bonds. The lowest BCUT2D eigenvalue weighted by molar-refractivity contribution is 0.229. The third-order valence-electron chi connectivity index (χ3n) is 2.72. The molecule has 0 fully saturated rings. The molecular weight excluding hydrogens is 244 g/mol. The molecule has 1 aromatic rings. The highest BCUT2D eigenvalue weighted by Crippen LogP contribution is 2.11. The third kappa shape index (κ3) is 5.25. The lowest BCUT2D eigenvalue weighted by Crippen LogP contribution is -2.17. The first kappa shape index (κ1) is 15.4. The number of aromatic nitrogens is 3. The molecule has 3 N–H and O–H groups in total. The Morgan fingerprint density at radius 2 is 1.89 bits per heavy atom. The second-order valence-corrected chi connectivity index (χ2v) is 4.78. The minimum Gasteiger partial charge on any atom is -0.396 e. The maximum atomic E-state index is 8.95. The van der Waals surface area contributed by atoms with Gasteiger partial charge >= 0.3 is 0 Å². The predicted molar refractivity (Wildman–Crippen MR) is 77.7 cm³/mol. The number of hydrogen-bond donors (Lipinski definition) is 3. The van der Waals surface area contributed by atoms with Crippen molar-refractivity contribution in [3.8, 4) is 0 Å². The lowest BCUT2D eigenvalue weighted by atomic mass is 10.1. The molecule has 108 valence electrons. The molecule has 0 aromatic carbocycles. The average Bonchev–Trinajstić information content (AvgIpc) is 2.42. The van der Waals surface area contributed by atoms with E-state index in [9.17, 15) is 0 Å². The zero-order valence-corrected chi connectivity index (χ0v) is 12.1. The van der Waals surface area contributed by atoms with Crippen LogP contribution in [0.2, 0.25) is 0 Å². The van der Waals surface area contributed by atoms with Gasteiger partial charge in [-0.25, -0.2) is 0 Å². The van der Waals surface area contributed by atoms with Gasteiger partial charge in [0.25, 0.3) is 0 Å². The monoisotopic (exact) mass is 268 g/mol. The smallest absolute Gasteiger partial charge is 0.231 e. The number of anilines is 3. The molecule has 0 spiro atoms. The number of nitrogens with one attached hydrogen (secondary N) is 2. The van der Waals surface area contributed by atoms with Gasteiger partial charge in [-0.3, -0.25) is 0 Å². The Hall–Kier alpha value is -1.63. The number of rotatable bonds is 8. The zero-order chi connectivity index (χ0) is 14.3. The number of aliphatic hydroxyl groups is 1. The van der Waals surface area contributed by atoms with Crippen molar-refractivity contribution in [3.63, 3.8) is 0 Å². The fourth-order valence-electron chi connectivity index (χ4n) is 1.50. The summed E-state index contributed by atoms with van der Waals surface area (Å²) in [6.07, 6.45) is 1.95. The van der Waals surface area contributed by atoms with Crippen LogP contribution in [0.1, 0.15) is 19.8 Å². The van der Waals surface area contributed by atoms with E-state index >= 15 is 0 Å². The molecule has 7 heteroatoms. The van der Waals surface area contributed by atoms with Crippen LogP contribution in [-0.4, -0.2) is 54.4 Å². The minimum absolute atomic E-state index is 0.237. The van der Waals surface area contributed by atoms with Crippen LogP contribution in [0.4, 0.5) is 17.8 Å². The average molecular weight is 268 g/mol. The van der Waals surface area contributed by atoms with Crippen molar-refractivity contribution in [2.24, 2.45) is 5.92 Å². The number of aliphatic hydroxyl groups excluding tert-OH is 1. The lowest BCUT2D eigenvalue weighted by Gasteiger charge is -2.13. The van der Waals surface area contributed by atoms with Gasteiger partial charge in [0.2, 0.25) is 17.8 Å². The summed E-state index contributed by atoms with van der Waals surface area (Å²) in [4.78, 5) is 14.6. The van der Waals surface area contributed by atoms with Gasteiger partial charge in [0, 0.05) is 34.3 Å². The van der Waals surface area contributed by atoms with E-state index in [1.807, 2.05) is 25.9 Å². The van der Waals surface area contributed by atoms with Crippen molar-refractivity contribution in [2.45, 2.75) is 19.8 Å². The van der Waals surface area contributed by atoms with Crippen LogP contribution < -0.4 is 15.5 Å². The van der Waals surface area contributed by atoms with Gasteiger partial charge in [0.05, 0.1) is 0 Å². The first-order valence-electron chi connectivity index (χ1n) is 6.52. The molecular formula is C12H24N6O. The van der Waals surface area contributed by atoms with E-state index in [1.165, 1.54) is 0 Å². The highest BCUT2D eigenvalue weighted by atomic mass is 16.3. The van der Waals surface area contributed by atoms with Gasteiger partial charge in [-0.05, 0) is 18.8 Å². The van der Waals surface area contributed by atoms with Crippen LogP contribution in [0.5, 0.6) is 0 Å². The molecule has 19 heavy (non-hydrogen) atoms. The van der Waals surface area contributed by atoms with Crippen molar-refractivity contribution < 1.29 is 5.11 Å². The van der Waals surface area contributed by atoms with Crippen LogP contribution >= 0.6 is 0 Å². The summed E-state index contributed by atoms with van der Waals surface area (Å²) in [6, 6.07) is 0. The first-order chi connectivity index (χ1) is 9.06. The molecule has 1 heterocycles. The minimum atomic E-state index is 0.237. The van der Waals surface area contributed by atoms with Gasteiger partial charge in [0.15, 0.2) is 0 Å². The third-order valence-corrected chi connectivity index (χ3v) is 2.72. The maximum Gasteiger partial charge on any atom is 0.231 e. The molecule has 0 aliphatic heterocycles. The number of hydrogen-bond acceptors (Lipinski definition) is 7. The molecule has 1 aromatic heterocycles. The van der Waals surface area contributed by atoms with Crippen molar-refractivity contribution in [2.75, 3.05) is 49.8 Å². The summed E-state index contributed by atoms with van der Waals surface area (Å²) in [5.41, 5.74) is 0. The van der Waals surface area contributed by atoms with E-state index in [-0.39, 0.29) is 6.61 Å². The van der Waals surface area contributed by atoms with Gasteiger partial charge < -0.3 is 20.6 Å². The first-order valence-corrected chi connectivity index (χ1v) is 6.52. The van der Waals surface area contributed by atoms with Gasteiger partial charge in [0.1, 0.15) is 0 Å². The molecule has 0 saturated carbocycles. The Kier molecular flexibility index (Phi) is 6.27. The molecule has 0 bridgehead atoms. The van der Waals surface area contributed by atoms with Crippen LogP contribution in [-0.2, 0) is 0 Å². The van der Waals surface area contributed by atoms with Gasteiger partial charge in [-0.1, -0.05) is 6.92 Å². The molecule has 0 aliphatic carbocycles. The van der Waals surface area contributed by atoms with Crippen LogP contribution in [0.15, 0.2) is 0 Å². The largest absolute Gasteiger partial charge is 0.396 e. The maximum absolute atomic E-state index is 8.95. The normalized spacial score (nSPS) is 12.1. The molecule has 1 unspecified atom stereocenters. The highest BCUT2D eigenvalue weighted by Gasteiger charge is 2.07. The second-order valence-electron chi connectivity index (χ2n) is 4.78. The predicted octanol–water partition coefficient (Wildman–Crippen LogP) is 0.800. The quantitative estimate of drug-likeness (QED) is 0.601. The van der Waals surface area contributed by atoms with E-state index < -0.39 is 0 Å². The van der Waals surface area contributed by atoms with E-state index in [2.05, 4.69) is 25.6 Å². The molecule has 0 aliphatic rings. The molecule has 1 atom stereocenters. The van der Waals surface area contributed by atoms with Gasteiger partial charge in [-0.2, -0.15) is 15.0 Å². The van der Waals surface area contributed by atoms with Crippen molar-refractivity contribution in [3.05, 3.63) is 0 Å². The molecule has 0 saturated heterocycles. The Labute approximate surface area is 114 Å². The van der Waals surface area contributed by atoms with E-state index in [1.54, 1.807) is 7.05 Å². The van der Waals surface area contributed by atoms with Crippen LogP contribution in [0, 0.1) is 5.92 Å². The number of nitrogens with zero attached hydrogens (tertiary/aromatic N) is 4. The van der Waals surface area contributed by atoms with E-state index in [0.717, 1.165) is 19.4 Å². The Morgan fingerprint density at radius 3 is 2.47 bits per heavy atom. The van der Waals surface area contributed by atoms with Crippen LogP contribution in [0.25, 0.3) is 0 Å². The Bertz CT molecular complexity index is 384. The van der Waals surface area contributed by atoms with Crippen molar-refractivity contribution >= 4 is 17.8 Å². The standard InChI is InChI=1S/C12H24N6O/c1-9(8-19)6-5-7-14-11-15-10(13-2)16-12(17-11)18(3)4/h9,19H,5-8H2,1-4H3,(H2,13,14,15,16,17). The molecule has 1 rings (SSSR count). The fourth-order valence-corrected chi connectivity index (χ4v) is 1.50. The van der Waals surface area contributed by atoms with Crippen LogP contribution in [0.3, 0.4) is 0 Å². The summed E-state index contributed by atoms with van der Waals surface area (Å²) < 4.78 is 0. The SMILES string of the molecule is CNc1nc(NCCCC(C)CO)nc(N(C)C)n1. The fraction of sp³-hybridized carbons (Fsp3) is 0.750. The zero-order valence-electron chi connectivity index (χ0n) is 12.1. The van der Waals surface area contributed by atoms with Crippen molar-refractivity contribution in [1.29, 1.82) is 0 Å². The van der Waals surface area contributed by atoms with Crippen molar-refractivity contribution in [1.82, 2.24) is 15.0 Å². The summed E-state index contributed by atoms with van der Waals surface area (Å²) >= 11 is 0. The molecule has 0 radical (unpaired) electrons. The summed E-state index contributed by atoms with van der Waals surface area (Å²) in [5.74, 6) is 2.07. The Balaban J connectivity index is 2.55. The second kappa shape index (κ2) is 7.73. The summed E-state index contributed by atoms with van der Waals surface area (Å²) in [7, 11) is 5.56. The topological polar surface area (TPSA) is 86.2 Å². The molecule has 7 nitrogen and oxygen atoms in total.